The second kappa shape index (κ2) is 7.90. The molecule has 0 aromatic heterocycles. The van der Waals surface area contributed by atoms with Gasteiger partial charge >= 0.3 is 0 Å². The van der Waals surface area contributed by atoms with Gasteiger partial charge in [0.2, 0.25) is 0 Å². The molecular weight excluding hydrogens is 376 g/mol. The predicted octanol–water partition coefficient (Wildman–Crippen LogP) is 2.03. The molecule has 0 spiro atoms. The average Bonchev–Trinajstić information content (AvgIpc) is 2.70. The van der Waals surface area contributed by atoms with E-state index in [0.29, 0.717) is 18.1 Å². The van der Waals surface area contributed by atoms with Crippen molar-refractivity contribution < 1.29 is 13.2 Å². The lowest BCUT2D eigenvalue weighted by atomic mass is 10.2. The zero-order valence-electron chi connectivity index (χ0n) is 15.8. The van der Waals surface area contributed by atoms with E-state index in [1.807, 2.05) is 18.2 Å². The lowest BCUT2D eigenvalue weighted by molar-refractivity contribution is 0.140. The smallest absolute Gasteiger partial charge is 0.286 e. The summed E-state index contributed by atoms with van der Waals surface area (Å²) in [6, 6.07) is 15.0. The van der Waals surface area contributed by atoms with E-state index >= 15 is 0 Å². The summed E-state index contributed by atoms with van der Waals surface area (Å²) in [6.07, 6.45) is 0. The van der Waals surface area contributed by atoms with Gasteiger partial charge in [-0.05, 0) is 29.8 Å². The summed E-state index contributed by atoms with van der Waals surface area (Å²) in [6.45, 7) is 5.02. The maximum atomic E-state index is 12.4. The number of methoxy groups -OCH3 is 1. The molecule has 1 saturated heterocycles. The first-order valence-corrected chi connectivity index (χ1v) is 10.7. The number of benzene rings is 2. The number of nitrogens with one attached hydrogen (secondary N) is 1. The van der Waals surface area contributed by atoms with Crippen LogP contribution in [0.4, 0.5) is 5.69 Å². The third-order valence-electron chi connectivity index (χ3n) is 5.08. The first kappa shape index (κ1) is 18.9. The van der Waals surface area contributed by atoms with Gasteiger partial charge in [-0.15, -0.1) is 4.40 Å². The lowest BCUT2D eigenvalue weighted by Crippen LogP contribution is -2.48. The molecule has 4 rings (SSSR count). The lowest BCUT2D eigenvalue weighted by Gasteiger charge is -2.35. The number of rotatable bonds is 5. The van der Waals surface area contributed by atoms with Gasteiger partial charge in [-0.1, -0.05) is 24.3 Å². The van der Waals surface area contributed by atoms with Crippen molar-refractivity contribution in [2.24, 2.45) is 4.40 Å². The van der Waals surface area contributed by atoms with Crippen LogP contribution in [-0.2, 0) is 16.6 Å². The molecule has 7 nitrogen and oxygen atoms in total. The van der Waals surface area contributed by atoms with Crippen LogP contribution in [0.2, 0.25) is 0 Å². The summed E-state index contributed by atoms with van der Waals surface area (Å²) in [5.74, 6) is 1.35. The first-order valence-electron chi connectivity index (χ1n) is 9.31. The summed E-state index contributed by atoms with van der Waals surface area (Å²) in [5, 5.41) is 3.17. The largest absolute Gasteiger partial charge is 0.497 e. The average molecular weight is 401 g/mol. The van der Waals surface area contributed by atoms with Gasteiger partial charge in [0.25, 0.3) is 10.0 Å². The Labute approximate surface area is 165 Å². The predicted molar refractivity (Wildman–Crippen MR) is 109 cm³/mol. The van der Waals surface area contributed by atoms with E-state index in [1.165, 1.54) is 5.56 Å². The number of nitrogens with zero attached hydrogens (tertiary/aromatic N) is 3. The molecule has 2 aliphatic rings. The number of ether oxygens (including phenoxy) is 1. The summed E-state index contributed by atoms with van der Waals surface area (Å²) < 4.78 is 33.9. The maximum Gasteiger partial charge on any atom is 0.286 e. The summed E-state index contributed by atoms with van der Waals surface area (Å²) in [4.78, 5) is 4.88. The van der Waals surface area contributed by atoms with Crippen molar-refractivity contribution in [2.45, 2.75) is 11.4 Å². The van der Waals surface area contributed by atoms with Crippen molar-refractivity contribution >= 4 is 21.5 Å². The molecule has 0 unspecified atom stereocenters. The zero-order valence-corrected chi connectivity index (χ0v) is 16.7. The second-order valence-electron chi connectivity index (χ2n) is 7.03. The number of fused-ring (bicyclic) bond motifs is 1. The van der Waals surface area contributed by atoms with E-state index in [1.54, 1.807) is 25.3 Å². The Bertz CT molecular complexity index is 965. The highest BCUT2D eigenvalue weighted by Gasteiger charge is 2.26. The van der Waals surface area contributed by atoms with E-state index in [2.05, 4.69) is 31.6 Å². The number of hydrogen-bond donors (Lipinski definition) is 1. The fraction of sp³-hybridized carbons (Fsp3) is 0.350. The third-order valence-corrected chi connectivity index (χ3v) is 6.45. The first-order chi connectivity index (χ1) is 13.5. The molecule has 0 bridgehead atoms. The molecule has 0 radical (unpaired) electrons. The van der Waals surface area contributed by atoms with Crippen molar-refractivity contribution in [3.63, 3.8) is 0 Å². The highest BCUT2D eigenvalue weighted by Crippen LogP contribution is 2.26. The minimum Gasteiger partial charge on any atom is -0.497 e. The molecule has 148 valence electrons. The molecule has 0 amide bonds. The van der Waals surface area contributed by atoms with Crippen LogP contribution in [-0.4, -0.2) is 63.9 Å². The Morgan fingerprint density at radius 3 is 2.29 bits per heavy atom. The number of sulfonamides is 1. The fourth-order valence-electron chi connectivity index (χ4n) is 3.54. The Kier molecular flexibility index (Phi) is 5.34. The van der Waals surface area contributed by atoms with Gasteiger partial charge in [0.15, 0.2) is 0 Å². The molecule has 0 saturated carbocycles. The van der Waals surface area contributed by atoms with E-state index in [9.17, 15) is 8.42 Å². The van der Waals surface area contributed by atoms with Gasteiger partial charge in [0, 0.05) is 32.7 Å². The van der Waals surface area contributed by atoms with Crippen molar-refractivity contribution in [2.75, 3.05) is 45.2 Å². The van der Waals surface area contributed by atoms with Crippen molar-refractivity contribution in [1.29, 1.82) is 0 Å². The van der Waals surface area contributed by atoms with Crippen molar-refractivity contribution in [3.05, 3.63) is 54.1 Å². The van der Waals surface area contributed by atoms with Crippen LogP contribution < -0.4 is 10.1 Å². The summed E-state index contributed by atoms with van der Waals surface area (Å²) >= 11 is 0. The fourth-order valence-corrected chi connectivity index (χ4v) is 4.68. The summed E-state index contributed by atoms with van der Waals surface area (Å²) in [5.41, 5.74) is 1.86. The standard InChI is InChI=1S/C20H24N4O3S/c1-27-17-8-6-16(7-9-17)14-23-10-12-24(13-11-23)15-20-21-18-4-2-3-5-19(18)28(25,26)22-20/h2-9H,10-15H2,1H3,(H,21,22). The van der Waals surface area contributed by atoms with E-state index < -0.39 is 10.0 Å². The minimum atomic E-state index is -3.62. The van der Waals surface area contributed by atoms with Crippen LogP contribution in [0, 0.1) is 0 Å². The second-order valence-corrected chi connectivity index (χ2v) is 8.61. The van der Waals surface area contributed by atoms with Crippen LogP contribution >= 0.6 is 0 Å². The molecule has 2 aliphatic heterocycles. The molecule has 0 atom stereocenters. The van der Waals surface area contributed by atoms with E-state index in [-0.39, 0.29) is 4.90 Å². The SMILES string of the molecule is COc1ccc(CN2CCN(CC3=NS(=O)(=O)c4ccccc4N3)CC2)cc1. The van der Waals surface area contributed by atoms with Gasteiger partial charge < -0.3 is 10.1 Å². The molecule has 2 heterocycles. The Morgan fingerprint density at radius 2 is 1.61 bits per heavy atom. The van der Waals surface area contributed by atoms with Crippen molar-refractivity contribution in [1.82, 2.24) is 9.80 Å². The zero-order chi connectivity index (χ0) is 19.6. The molecular formula is C20H24N4O3S. The van der Waals surface area contributed by atoms with Gasteiger partial charge in [0.05, 0.1) is 19.3 Å². The molecule has 28 heavy (non-hydrogen) atoms. The molecule has 8 heteroatoms. The highest BCUT2D eigenvalue weighted by atomic mass is 32.2. The number of anilines is 1. The molecule has 2 aromatic rings. The Morgan fingerprint density at radius 1 is 0.964 bits per heavy atom. The Balaban J connectivity index is 1.33. The van der Waals surface area contributed by atoms with Crippen LogP contribution in [0.15, 0.2) is 57.8 Å². The third kappa shape index (κ3) is 4.19. The number of para-hydroxylation sites is 1. The van der Waals surface area contributed by atoms with E-state index in [0.717, 1.165) is 38.5 Å². The topological polar surface area (TPSA) is 74.2 Å². The normalized spacial score (nSPS) is 19.4. The number of hydrogen-bond acceptors (Lipinski definition) is 6. The maximum absolute atomic E-state index is 12.4. The number of piperazine rings is 1. The molecule has 2 aromatic carbocycles. The quantitative estimate of drug-likeness (QED) is 0.828. The Hall–Kier alpha value is -2.42. The molecule has 1 N–H and O–H groups in total. The van der Waals surface area contributed by atoms with Crippen molar-refractivity contribution in [3.8, 4) is 5.75 Å². The summed E-state index contributed by atoms with van der Waals surface area (Å²) in [7, 11) is -1.95. The monoisotopic (exact) mass is 400 g/mol. The minimum absolute atomic E-state index is 0.239. The molecule has 0 aliphatic carbocycles. The van der Waals surface area contributed by atoms with Crippen LogP contribution in [0.25, 0.3) is 0 Å². The van der Waals surface area contributed by atoms with Crippen LogP contribution in [0.3, 0.4) is 0 Å². The highest BCUT2D eigenvalue weighted by molar-refractivity contribution is 7.90. The molecule has 1 fully saturated rings. The van der Waals surface area contributed by atoms with Gasteiger partial charge in [-0.2, -0.15) is 8.42 Å². The van der Waals surface area contributed by atoms with Crippen LogP contribution in [0.5, 0.6) is 5.75 Å². The van der Waals surface area contributed by atoms with Gasteiger partial charge in [-0.3, -0.25) is 9.80 Å². The van der Waals surface area contributed by atoms with E-state index in [4.69, 9.17) is 4.74 Å². The van der Waals surface area contributed by atoms with Gasteiger partial charge in [-0.25, -0.2) is 0 Å². The van der Waals surface area contributed by atoms with Gasteiger partial charge in [0.1, 0.15) is 16.5 Å². The van der Waals surface area contributed by atoms with Crippen LogP contribution in [0.1, 0.15) is 5.56 Å². The number of amidine groups is 1.